The van der Waals surface area contributed by atoms with E-state index in [9.17, 15) is 9.90 Å². The highest BCUT2D eigenvalue weighted by Gasteiger charge is 2.31. The van der Waals surface area contributed by atoms with Crippen molar-refractivity contribution in [1.29, 1.82) is 0 Å². The van der Waals surface area contributed by atoms with E-state index in [1.165, 1.54) is 0 Å². The number of phenolic OH excluding ortho intramolecular Hbond substituents is 1. The second-order valence-electron chi connectivity index (χ2n) is 5.73. The molecule has 2 aromatic carbocycles. The number of hydrazine groups is 1. The summed E-state index contributed by atoms with van der Waals surface area (Å²) in [7, 11) is 0. The Labute approximate surface area is 149 Å². The molecular formula is C17H17Cl2N3O2. The van der Waals surface area contributed by atoms with Crippen LogP contribution in [0, 0.1) is 6.92 Å². The lowest BCUT2D eigenvalue weighted by Gasteiger charge is -2.13. The van der Waals surface area contributed by atoms with E-state index in [0.717, 1.165) is 5.56 Å². The molecule has 3 rings (SSSR count). The van der Waals surface area contributed by atoms with Gasteiger partial charge in [0, 0.05) is 21.3 Å². The van der Waals surface area contributed by atoms with Gasteiger partial charge in [-0.2, -0.15) is 0 Å². The number of amides is 1. The molecule has 2 aromatic rings. The number of hydrogen-bond donors (Lipinski definition) is 4. The summed E-state index contributed by atoms with van der Waals surface area (Å²) in [6.45, 7) is 1.85. The van der Waals surface area contributed by atoms with Gasteiger partial charge < -0.3 is 10.4 Å². The monoisotopic (exact) mass is 365 g/mol. The Kier molecular flexibility index (Phi) is 4.96. The molecule has 0 bridgehead atoms. The summed E-state index contributed by atoms with van der Waals surface area (Å²) >= 11 is 12.1. The Morgan fingerprint density at radius 1 is 1.25 bits per heavy atom. The molecule has 0 aromatic heterocycles. The minimum absolute atomic E-state index is 0.144. The van der Waals surface area contributed by atoms with Gasteiger partial charge in [-0.15, -0.1) is 0 Å². The van der Waals surface area contributed by atoms with Gasteiger partial charge in [-0.05, 0) is 49.2 Å². The first kappa shape index (κ1) is 17.0. The number of rotatable bonds is 3. The summed E-state index contributed by atoms with van der Waals surface area (Å²) in [5.41, 5.74) is 8.15. The highest BCUT2D eigenvalue weighted by molar-refractivity contribution is 6.31. The fraction of sp³-hybridized carbons (Fsp3) is 0.235. The van der Waals surface area contributed by atoms with Gasteiger partial charge in [0.2, 0.25) is 5.91 Å². The van der Waals surface area contributed by atoms with Crippen LogP contribution >= 0.6 is 23.2 Å². The molecule has 4 N–H and O–H groups in total. The Balaban J connectivity index is 1.70. The Bertz CT molecular complexity index is 782. The van der Waals surface area contributed by atoms with Crippen molar-refractivity contribution in [2.24, 2.45) is 0 Å². The highest BCUT2D eigenvalue weighted by atomic mass is 35.5. The zero-order valence-corrected chi connectivity index (χ0v) is 14.4. The second-order valence-corrected chi connectivity index (χ2v) is 6.58. The van der Waals surface area contributed by atoms with Gasteiger partial charge in [0.1, 0.15) is 11.8 Å². The molecule has 1 saturated heterocycles. The van der Waals surface area contributed by atoms with Crippen molar-refractivity contribution < 1.29 is 9.90 Å². The molecule has 0 aliphatic carbocycles. The van der Waals surface area contributed by atoms with Crippen molar-refractivity contribution >= 4 is 34.8 Å². The molecule has 24 heavy (non-hydrogen) atoms. The largest absolute Gasteiger partial charge is 0.508 e. The van der Waals surface area contributed by atoms with E-state index in [0.29, 0.717) is 27.7 Å². The Morgan fingerprint density at radius 2 is 2.04 bits per heavy atom. The lowest BCUT2D eigenvalue weighted by Crippen LogP contribution is -2.39. The second kappa shape index (κ2) is 6.99. The third-order valence-corrected chi connectivity index (χ3v) is 4.75. The van der Waals surface area contributed by atoms with Gasteiger partial charge in [-0.25, -0.2) is 10.9 Å². The molecular weight excluding hydrogens is 349 g/mol. The zero-order chi connectivity index (χ0) is 17.3. The van der Waals surface area contributed by atoms with Crippen molar-refractivity contribution in [3.63, 3.8) is 0 Å². The fourth-order valence-corrected chi connectivity index (χ4v) is 3.05. The molecule has 2 unspecified atom stereocenters. The summed E-state index contributed by atoms with van der Waals surface area (Å²) in [4.78, 5) is 12.5. The van der Waals surface area contributed by atoms with Crippen LogP contribution in [0.15, 0.2) is 36.4 Å². The van der Waals surface area contributed by atoms with Crippen molar-refractivity contribution in [3.8, 4) is 5.75 Å². The van der Waals surface area contributed by atoms with Gasteiger partial charge in [-0.3, -0.25) is 4.79 Å². The van der Waals surface area contributed by atoms with Crippen LogP contribution in [0.3, 0.4) is 0 Å². The van der Waals surface area contributed by atoms with Crippen molar-refractivity contribution in [3.05, 3.63) is 57.6 Å². The third kappa shape index (κ3) is 3.49. The first-order valence-corrected chi connectivity index (χ1v) is 8.26. The van der Waals surface area contributed by atoms with Gasteiger partial charge in [0.25, 0.3) is 0 Å². The molecule has 2 atom stereocenters. The number of hydrogen-bond acceptors (Lipinski definition) is 4. The number of benzene rings is 2. The number of carbonyl (C=O) groups excluding carboxylic acids is 1. The molecule has 5 nitrogen and oxygen atoms in total. The zero-order valence-electron chi connectivity index (χ0n) is 12.9. The molecule has 7 heteroatoms. The molecule has 0 saturated carbocycles. The lowest BCUT2D eigenvalue weighted by molar-refractivity contribution is -0.117. The van der Waals surface area contributed by atoms with Crippen LogP contribution in [0.4, 0.5) is 5.69 Å². The van der Waals surface area contributed by atoms with E-state index in [4.69, 9.17) is 23.2 Å². The predicted octanol–water partition coefficient (Wildman–Crippen LogP) is 3.55. The number of aromatic hydroxyl groups is 1. The normalized spacial score (nSPS) is 20.1. The number of carbonyl (C=O) groups is 1. The van der Waals surface area contributed by atoms with Gasteiger partial charge in [0.05, 0.1) is 6.04 Å². The van der Waals surface area contributed by atoms with Crippen LogP contribution in [0.2, 0.25) is 10.0 Å². The average molecular weight is 366 g/mol. The summed E-state index contributed by atoms with van der Waals surface area (Å²) < 4.78 is 0. The van der Waals surface area contributed by atoms with Crippen LogP contribution in [-0.2, 0) is 4.79 Å². The molecule has 1 heterocycles. The number of phenols is 1. The summed E-state index contributed by atoms with van der Waals surface area (Å²) in [6.07, 6.45) is 0.485. The SMILES string of the molecule is Cc1c(Cl)cccc1NC(=O)C1CC(c2cc(Cl)ccc2O)NN1. The van der Waals surface area contributed by atoms with Crippen molar-refractivity contribution in [2.75, 3.05) is 5.32 Å². The number of halogens is 2. The number of nitrogens with one attached hydrogen (secondary N) is 3. The minimum Gasteiger partial charge on any atom is -0.508 e. The summed E-state index contributed by atoms with van der Waals surface area (Å²) in [6, 6.07) is 9.58. The fourth-order valence-electron chi connectivity index (χ4n) is 2.70. The molecule has 0 radical (unpaired) electrons. The lowest BCUT2D eigenvalue weighted by atomic mass is 10.0. The van der Waals surface area contributed by atoms with E-state index in [1.807, 2.05) is 13.0 Å². The average Bonchev–Trinajstić information content (AvgIpc) is 3.04. The smallest absolute Gasteiger partial charge is 0.242 e. The summed E-state index contributed by atoms with van der Waals surface area (Å²) in [5, 5.41) is 14.0. The van der Waals surface area contributed by atoms with E-state index < -0.39 is 6.04 Å². The number of anilines is 1. The standard InChI is InChI=1S/C17H17Cl2N3O2/c1-9-12(19)3-2-4-13(9)20-17(24)15-8-14(21-22-15)11-7-10(18)5-6-16(11)23/h2-7,14-15,21-23H,8H2,1H3,(H,20,24). The van der Waals surface area contributed by atoms with Gasteiger partial charge >= 0.3 is 0 Å². The first-order valence-electron chi connectivity index (χ1n) is 7.51. The van der Waals surface area contributed by atoms with Crippen LogP contribution in [0.25, 0.3) is 0 Å². The van der Waals surface area contributed by atoms with Crippen molar-refractivity contribution in [1.82, 2.24) is 10.9 Å². The van der Waals surface area contributed by atoms with E-state index in [1.54, 1.807) is 30.3 Å². The maximum absolute atomic E-state index is 12.5. The highest BCUT2D eigenvalue weighted by Crippen LogP contribution is 2.32. The Hall–Kier alpha value is -1.79. The molecule has 1 amide bonds. The molecule has 1 aliphatic rings. The van der Waals surface area contributed by atoms with Crippen LogP contribution in [0.1, 0.15) is 23.6 Å². The van der Waals surface area contributed by atoms with Crippen LogP contribution in [0.5, 0.6) is 5.75 Å². The third-order valence-electron chi connectivity index (χ3n) is 4.11. The maximum atomic E-state index is 12.5. The van der Waals surface area contributed by atoms with Gasteiger partial charge in [-0.1, -0.05) is 29.3 Å². The van der Waals surface area contributed by atoms with Crippen LogP contribution < -0.4 is 16.2 Å². The van der Waals surface area contributed by atoms with E-state index in [-0.39, 0.29) is 17.7 Å². The van der Waals surface area contributed by atoms with Crippen LogP contribution in [-0.4, -0.2) is 17.1 Å². The quantitative estimate of drug-likeness (QED) is 0.670. The van der Waals surface area contributed by atoms with Gasteiger partial charge in [0.15, 0.2) is 0 Å². The molecule has 1 fully saturated rings. The van der Waals surface area contributed by atoms with E-state index in [2.05, 4.69) is 16.2 Å². The topological polar surface area (TPSA) is 73.4 Å². The molecule has 126 valence electrons. The Morgan fingerprint density at radius 3 is 2.83 bits per heavy atom. The van der Waals surface area contributed by atoms with Crippen molar-refractivity contribution in [2.45, 2.75) is 25.4 Å². The maximum Gasteiger partial charge on any atom is 0.242 e. The first-order chi connectivity index (χ1) is 11.5. The van der Waals surface area contributed by atoms with E-state index >= 15 is 0 Å². The summed E-state index contributed by atoms with van der Waals surface area (Å²) in [5.74, 6) is -0.0256. The molecule has 1 aliphatic heterocycles. The molecule has 0 spiro atoms. The minimum atomic E-state index is -0.438. The predicted molar refractivity (Wildman–Crippen MR) is 95.4 cm³/mol.